The second-order valence-electron chi connectivity index (χ2n) is 8.22. The van der Waals surface area contributed by atoms with E-state index in [0.29, 0.717) is 22.7 Å². The summed E-state index contributed by atoms with van der Waals surface area (Å²) in [7, 11) is 1.63. The van der Waals surface area contributed by atoms with Gasteiger partial charge in [-0.1, -0.05) is 54.6 Å². The summed E-state index contributed by atoms with van der Waals surface area (Å²) in [6, 6.07) is 31.6. The van der Waals surface area contributed by atoms with Gasteiger partial charge in [0.2, 0.25) is 0 Å². The highest BCUT2D eigenvalue weighted by Gasteiger charge is 2.34. The Hall–Kier alpha value is -4.75. The molecule has 0 aromatic heterocycles. The minimum atomic E-state index is -0.535. The number of carbonyl (C=O) groups is 2. The highest BCUT2D eigenvalue weighted by molar-refractivity contribution is 7.80. The Morgan fingerprint density at radius 1 is 0.757 bits per heavy atom. The SMILES string of the molecule is COc1cccc(-c2ccc(C=C3C(=O)NC(=S)N(c4ccc(Oc5ccccc5)cc4)C3=O)cc2)c1. The molecule has 6 nitrogen and oxygen atoms in total. The van der Waals surface area contributed by atoms with E-state index in [2.05, 4.69) is 5.32 Å². The van der Waals surface area contributed by atoms with Gasteiger partial charge in [0.25, 0.3) is 11.8 Å². The van der Waals surface area contributed by atoms with E-state index >= 15 is 0 Å². The van der Waals surface area contributed by atoms with E-state index in [1.54, 1.807) is 37.5 Å². The molecule has 182 valence electrons. The van der Waals surface area contributed by atoms with E-state index in [9.17, 15) is 9.59 Å². The number of amides is 2. The fourth-order valence-electron chi connectivity index (χ4n) is 3.92. The standard InChI is InChI=1S/C30H22N2O4S/c1-35-26-9-5-6-22(19-26)21-12-10-20(11-13-21)18-27-28(33)31-30(37)32(29(27)34)23-14-16-25(17-15-23)36-24-7-3-2-4-8-24/h2-19H,1H3,(H,31,33,37). The molecule has 0 radical (unpaired) electrons. The molecule has 0 aliphatic carbocycles. The molecule has 4 aromatic rings. The first-order chi connectivity index (χ1) is 18.0. The number of benzene rings is 4. The van der Waals surface area contributed by atoms with Crippen molar-refractivity contribution in [2.24, 2.45) is 0 Å². The molecule has 1 aliphatic rings. The van der Waals surface area contributed by atoms with Crippen LogP contribution in [0.1, 0.15) is 5.56 Å². The molecule has 7 heteroatoms. The van der Waals surface area contributed by atoms with Crippen LogP contribution < -0.4 is 19.7 Å². The Balaban J connectivity index is 1.37. The Kier molecular flexibility index (Phi) is 6.78. The van der Waals surface area contributed by atoms with Gasteiger partial charge < -0.3 is 9.47 Å². The third kappa shape index (κ3) is 5.27. The minimum absolute atomic E-state index is 0.00709. The summed E-state index contributed by atoms with van der Waals surface area (Å²) >= 11 is 5.31. The summed E-state index contributed by atoms with van der Waals surface area (Å²) < 4.78 is 11.1. The molecular formula is C30H22N2O4S. The molecule has 1 aliphatic heterocycles. The van der Waals surface area contributed by atoms with Crippen molar-refractivity contribution < 1.29 is 19.1 Å². The molecule has 0 spiro atoms. The van der Waals surface area contributed by atoms with Crippen molar-refractivity contribution in [3.8, 4) is 28.4 Å². The number of nitrogens with one attached hydrogen (secondary N) is 1. The van der Waals surface area contributed by atoms with Crippen molar-refractivity contribution in [3.05, 3.63) is 114 Å². The summed E-state index contributed by atoms with van der Waals surface area (Å²) in [6.07, 6.45) is 1.56. The Labute approximate surface area is 219 Å². The molecule has 5 rings (SSSR count). The second-order valence-corrected chi connectivity index (χ2v) is 8.61. The zero-order chi connectivity index (χ0) is 25.8. The van der Waals surface area contributed by atoms with Gasteiger partial charge in [0.1, 0.15) is 22.8 Å². The largest absolute Gasteiger partial charge is 0.497 e. The molecule has 0 unspecified atom stereocenters. The summed E-state index contributed by atoms with van der Waals surface area (Å²) in [6.45, 7) is 0. The third-order valence-corrected chi connectivity index (χ3v) is 6.08. The predicted molar refractivity (Wildman–Crippen MR) is 148 cm³/mol. The van der Waals surface area contributed by atoms with Gasteiger partial charge in [-0.05, 0) is 83.5 Å². The second kappa shape index (κ2) is 10.5. The fourth-order valence-corrected chi connectivity index (χ4v) is 4.20. The van der Waals surface area contributed by atoms with Crippen molar-refractivity contribution in [3.63, 3.8) is 0 Å². The molecule has 2 amide bonds. The van der Waals surface area contributed by atoms with Gasteiger partial charge in [-0.15, -0.1) is 0 Å². The van der Waals surface area contributed by atoms with E-state index in [-0.39, 0.29) is 10.7 Å². The molecule has 1 N–H and O–H groups in total. The molecule has 1 fully saturated rings. The lowest BCUT2D eigenvalue weighted by atomic mass is 10.0. The first-order valence-electron chi connectivity index (χ1n) is 11.5. The van der Waals surface area contributed by atoms with Crippen molar-refractivity contribution in [2.75, 3.05) is 12.0 Å². The number of hydrogen-bond donors (Lipinski definition) is 1. The van der Waals surface area contributed by atoms with Crippen LogP contribution in [0.5, 0.6) is 17.2 Å². The van der Waals surface area contributed by atoms with Crippen LogP contribution in [0.25, 0.3) is 17.2 Å². The van der Waals surface area contributed by atoms with Crippen molar-refractivity contribution >= 4 is 40.9 Å². The van der Waals surface area contributed by atoms with Crippen LogP contribution in [0.15, 0.2) is 109 Å². The number of anilines is 1. The Bertz CT molecular complexity index is 1500. The van der Waals surface area contributed by atoms with E-state index in [1.807, 2.05) is 78.9 Å². The number of hydrogen-bond acceptors (Lipinski definition) is 5. The molecule has 37 heavy (non-hydrogen) atoms. The fraction of sp³-hybridized carbons (Fsp3) is 0.0333. The number of thiocarbonyl (C=S) groups is 1. The van der Waals surface area contributed by atoms with Gasteiger partial charge in [-0.2, -0.15) is 0 Å². The highest BCUT2D eigenvalue weighted by atomic mass is 32.1. The number of carbonyl (C=O) groups excluding carboxylic acids is 2. The summed E-state index contributed by atoms with van der Waals surface area (Å²) in [5.41, 5.74) is 3.22. The van der Waals surface area contributed by atoms with Crippen molar-refractivity contribution in [2.45, 2.75) is 0 Å². The van der Waals surface area contributed by atoms with Gasteiger partial charge in [0.05, 0.1) is 12.8 Å². The van der Waals surface area contributed by atoms with Crippen LogP contribution in [0.3, 0.4) is 0 Å². The topological polar surface area (TPSA) is 67.9 Å². The van der Waals surface area contributed by atoms with E-state index in [4.69, 9.17) is 21.7 Å². The van der Waals surface area contributed by atoms with Crippen LogP contribution in [-0.2, 0) is 9.59 Å². The Morgan fingerprint density at radius 3 is 2.14 bits per heavy atom. The van der Waals surface area contributed by atoms with Crippen molar-refractivity contribution in [1.82, 2.24) is 5.32 Å². The number of rotatable bonds is 6. The summed E-state index contributed by atoms with van der Waals surface area (Å²) in [4.78, 5) is 27.3. The number of ether oxygens (including phenoxy) is 2. The highest BCUT2D eigenvalue weighted by Crippen LogP contribution is 2.28. The van der Waals surface area contributed by atoms with E-state index in [0.717, 1.165) is 16.9 Å². The lowest BCUT2D eigenvalue weighted by Crippen LogP contribution is -2.54. The van der Waals surface area contributed by atoms with Crippen LogP contribution in [-0.4, -0.2) is 24.0 Å². The van der Waals surface area contributed by atoms with Gasteiger partial charge in [0.15, 0.2) is 5.11 Å². The molecule has 0 atom stereocenters. The maximum atomic E-state index is 13.4. The zero-order valence-corrected chi connectivity index (χ0v) is 20.7. The average molecular weight is 507 g/mol. The predicted octanol–water partition coefficient (Wildman–Crippen LogP) is 5.99. The lowest BCUT2D eigenvalue weighted by Gasteiger charge is -2.29. The average Bonchev–Trinajstić information content (AvgIpc) is 2.93. The normalized spacial score (nSPS) is 14.5. The first kappa shape index (κ1) is 24.0. The minimum Gasteiger partial charge on any atom is -0.497 e. The number of methoxy groups -OCH3 is 1. The van der Waals surface area contributed by atoms with E-state index < -0.39 is 11.8 Å². The third-order valence-electron chi connectivity index (χ3n) is 5.80. The molecule has 1 saturated heterocycles. The maximum absolute atomic E-state index is 13.4. The molecular weight excluding hydrogens is 484 g/mol. The van der Waals surface area contributed by atoms with Crippen LogP contribution >= 0.6 is 12.2 Å². The molecule has 4 aromatic carbocycles. The maximum Gasteiger partial charge on any atom is 0.270 e. The van der Waals surface area contributed by atoms with E-state index in [1.165, 1.54) is 4.90 Å². The molecule has 0 bridgehead atoms. The zero-order valence-electron chi connectivity index (χ0n) is 19.9. The Morgan fingerprint density at radius 2 is 1.43 bits per heavy atom. The summed E-state index contributed by atoms with van der Waals surface area (Å²) in [5, 5.41) is 2.64. The smallest absolute Gasteiger partial charge is 0.270 e. The van der Waals surface area contributed by atoms with Crippen molar-refractivity contribution in [1.29, 1.82) is 0 Å². The monoisotopic (exact) mass is 506 g/mol. The van der Waals surface area contributed by atoms with Gasteiger partial charge >= 0.3 is 0 Å². The van der Waals surface area contributed by atoms with Crippen LogP contribution in [0.2, 0.25) is 0 Å². The quantitative estimate of drug-likeness (QED) is 0.198. The lowest BCUT2D eigenvalue weighted by molar-refractivity contribution is -0.122. The molecule has 1 heterocycles. The van der Waals surface area contributed by atoms with Gasteiger partial charge in [0, 0.05) is 0 Å². The number of para-hydroxylation sites is 1. The van der Waals surface area contributed by atoms with Crippen LogP contribution in [0.4, 0.5) is 5.69 Å². The van der Waals surface area contributed by atoms with Gasteiger partial charge in [-0.3, -0.25) is 19.8 Å². The van der Waals surface area contributed by atoms with Gasteiger partial charge in [-0.25, -0.2) is 0 Å². The van der Waals surface area contributed by atoms with Crippen LogP contribution in [0, 0.1) is 0 Å². The summed E-state index contributed by atoms with van der Waals surface area (Å²) in [5.74, 6) is 1.05. The first-order valence-corrected chi connectivity index (χ1v) is 11.9. The number of nitrogens with zero attached hydrogens (tertiary/aromatic N) is 1. The molecule has 0 saturated carbocycles.